The van der Waals surface area contributed by atoms with Gasteiger partial charge in [-0.25, -0.2) is 9.97 Å². The van der Waals surface area contributed by atoms with E-state index in [0.717, 1.165) is 11.8 Å². The predicted octanol–water partition coefficient (Wildman–Crippen LogP) is 2.28. The van der Waals surface area contributed by atoms with E-state index in [-0.39, 0.29) is 0 Å². The maximum absolute atomic E-state index is 10.7. The summed E-state index contributed by atoms with van der Waals surface area (Å²) in [7, 11) is 3.15. The van der Waals surface area contributed by atoms with Gasteiger partial charge in [-0.2, -0.15) is 0 Å². The van der Waals surface area contributed by atoms with Crippen molar-refractivity contribution >= 4 is 6.29 Å². The molecule has 5 heteroatoms. The number of benzene rings is 1. The molecule has 0 saturated heterocycles. The van der Waals surface area contributed by atoms with Crippen LogP contribution < -0.4 is 9.47 Å². The molecule has 98 valence electrons. The van der Waals surface area contributed by atoms with E-state index >= 15 is 0 Å². The molecule has 2 rings (SSSR count). The molecule has 0 fully saturated rings. The number of hydrogen-bond donors (Lipinski definition) is 0. The van der Waals surface area contributed by atoms with E-state index in [0.29, 0.717) is 28.6 Å². The number of carbonyl (C=O) groups excluding carboxylic acids is 1. The highest BCUT2D eigenvalue weighted by Crippen LogP contribution is 2.30. The summed E-state index contributed by atoms with van der Waals surface area (Å²) in [4.78, 5) is 19.2. The topological polar surface area (TPSA) is 61.3 Å². The van der Waals surface area contributed by atoms with Crippen molar-refractivity contribution in [3.05, 3.63) is 35.7 Å². The summed E-state index contributed by atoms with van der Waals surface area (Å²) in [5.41, 5.74) is 1.94. The number of hydrogen-bond acceptors (Lipinski definition) is 5. The molecule has 0 aliphatic carbocycles. The summed E-state index contributed by atoms with van der Waals surface area (Å²) < 4.78 is 10.4. The summed E-state index contributed by atoms with van der Waals surface area (Å²) in [6.07, 6.45) is 2.26. The van der Waals surface area contributed by atoms with Gasteiger partial charge in [-0.15, -0.1) is 0 Å². The van der Waals surface area contributed by atoms with E-state index in [4.69, 9.17) is 9.47 Å². The molecule has 0 radical (unpaired) electrons. The minimum atomic E-state index is 0.490. The maximum Gasteiger partial charge on any atom is 0.161 e. The number of rotatable bonds is 4. The minimum absolute atomic E-state index is 0.490. The second-order valence-electron chi connectivity index (χ2n) is 3.92. The minimum Gasteiger partial charge on any atom is -0.493 e. The SMILES string of the molecule is COc1ccc(-c2ncc(C=O)c(C)n2)cc1OC. The Morgan fingerprint density at radius 1 is 1.16 bits per heavy atom. The average Bonchev–Trinajstić information content (AvgIpc) is 2.46. The lowest BCUT2D eigenvalue weighted by atomic mass is 10.1. The van der Waals surface area contributed by atoms with Gasteiger partial charge in [0.1, 0.15) is 0 Å². The second kappa shape index (κ2) is 5.48. The third kappa shape index (κ3) is 2.54. The number of methoxy groups -OCH3 is 2. The zero-order valence-corrected chi connectivity index (χ0v) is 11.0. The molecular formula is C14H14N2O3. The van der Waals surface area contributed by atoms with Gasteiger partial charge in [0.2, 0.25) is 0 Å². The van der Waals surface area contributed by atoms with Crippen molar-refractivity contribution in [2.75, 3.05) is 14.2 Å². The van der Waals surface area contributed by atoms with E-state index in [2.05, 4.69) is 9.97 Å². The van der Waals surface area contributed by atoms with Gasteiger partial charge in [-0.1, -0.05) is 0 Å². The van der Waals surface area contributed by atoms with Crippen LogP contribution in [0.2, 0.25) is 0 Å². The highest BCUT2D eigenvalue weighted by molar-refractivity contribution is 5.76. The highest BCUT2D eigenvalue weighted by atomic mass is 16.5. The Bertz CT molecular complexity index is 612. The summed E-state index contributed by atoms with van der Waals surface area (Å²) in [5, 5.41) is 0. The zero-order valence-electron chi connectivity index (χ0n) is 11.0. The van der Waals surface area contributed by atoms with Crippen LogP contribution in [0.4, 0.5) is 0 Å². The molecule has 1 heterocycles. The standard InChI is InChI=1S/C14H14N2O3/c1-9-11(8-17)7-15-14(16-9)10-4-5-12(18-2)13(6-10)19-3/h4-8H,1-3H3. The van der Waals surface area contributed by atoms with Crippen molar-refractivity contribution in [1.82, 2.24) is 9.97 Å². The van der Waals surface area contributed by atoms with Gasteiger partial charge in [0.25, 0.3) is 0 Å². The largest absolute Gasteiger partial charge is 0.493 e. The summed E-state index contributed by atoms with van der Waals surface area (Å²) in [6, 6.07) is 5.44. The Kier molecular flexibility index (Phi) is 3.75. The molecule has 0 N–H and O–H groups in total. The number of aldehydes is 1. The fourth-order valence-corrected chi connectivity index (χ4v) is 1.71. The summed E-state index contributed by atoms with van der Waals surface area (Å²) >= 11 is 0. The van der Waals surface area contributed by atoms with Crippen molar-refractivity contribution in [3.8, 4) is 22.9 Å². The Hall–Kier alpha value is -2.43. The number of ether oxygens (including phenoxy) is 2. The lowest BCUT2D eigenvalue weighted by molar-refractivity contribution is 0.112. The van der Waals surface area contributed by atoms with E-state index in [9.17, 15) is 4.79 Å². The average molecular weight is 258 g/mol. The van der Waals surface area contributed by atoms with E-state index < -0.39 is 0 Å². The van der Waals surface area contributed by atoms with Crippen LogP contribution in [0.1, 0.15) is 16.1 Å². The third-order valence-electron chi connectivity index (χ3n) is 2.79. The highest BCUT2D eigenvalue weighted by Gasteiger charge is 2.09. The monoisotopic (exact) mass is 258 g/mol. The second-order valence-corrected chi connectivity index (χ2v) is 3.92. The van der Waals surface area contributed by atoms with Crippen LogP contribution in [-0.4, -0.2) is 30.5 Å². The van der Waals surface area contributed by atoms with Crippen LogP contribution in [0.3, 0.4) is 0 Å². The molecule has 1 aromatic heterocycles. The van der Waals surface area contributed by atoms with Gasteiger partial charge in [0.05, 0.1) is 25.5 Å². The molecular weight excluding hydrogens is 244 g/mol. The van der Waals surface area contributed by atoms with E-state index in [1.54, 1.807) is 33.3 Å². The Labute approximate surface area is 111 Å². The Balaban J connectivity index is 2.47. The Morgan fingerprint density at radius 2 is 1.89 bits per heavy atom. The fraction of sp³-hybridized carbons (Fsp3) is 0.214. The molecule has 19 heavy (non-hydrogen) atoms. The maximum atomic E-state index is 10.7. The first-order valence-corrected chi connectivity index (χ1v) is 5.70. The van der Waals surface area contributed by atoms with Gasteiger partial charge in [-0.3, -0.25) is 4.79 Å². The Morgan fingerprint density at radius 3 is 2.47 bits per heavy atom. The third-order valence-corrected chi connectivity index (χ3v) is 2.79. The van der Waals surface area contributed by atoms with Crippen LogP contribution in [0.25, 0.3) is 11.4 Å². The molecule has 5 nitrogen and oxygen atoms in total. The summed E-state index contributed by atoms with van der Waals surface area (Å²) in [6.45, 7) is 1.77. The van der Waals surface area contributed by atoms with Crippen molar-refractivity contribution in [2.24, 2.45) is 0 Å². The van der Waals surface area contributed by atoms with Gasteiger partial charge in [0, 0.05) is 11.8 Å². The number of nitrogens with zero attached hydrogens (tertiary/aromatic N) is 2. The van der Waals surface area contributed by atoms with Crippen LogP contribution in [0, 0.1) is 6.92 Å². The van der Waals surface area contributed by atoms with Gasteiger partial charge in [-0.05, 0) is 25.1 Å². The number of aryl methyl sites for hydroxylation is 1. The van der Waals surface area contributed by atoms with Crippen molar-refractivity contribution in [3.63, 3.8) is 0 Å². The molecule has 2 aromatic rings. The predicted molar refractivity (Wildman–Crippen MR) is 70.7 cm³/mol. The van der Waals surface area contributed by atoms with Crippen LogP contribution in [0.5, 0.6) is 11.5 Å². The molecule has 0 aliphatic heterocycles. The van der Waals surface area contributed by atoms with Gasteiger partial charge < -0.3 is 9.47 Å². The first kappa shape index (κ1) is 13.0. The normalized spacial score (nSPS) is 10.1. The first-order chi connectivity index (χ1) is 9.19. The van der Waals surface area contributed by atoms with Crippen LogP contribution >= 0.6 is 0 Å². The van der Waals surface area contributed by atoms with Crippen LogP contribution in [0.15, 0.2) is 24.4 Å². The first-order valence-electron chi connectivity index (χ1n) is 5.70. The molecule has 0 atom stereocenters. The van der Waals surface area contributed by atoms with Gasteiger partial charge in [0.15, 0.2) is 23.6 Å². The van der Waals surface area contributed by atoms with E-state index in [1.807, 2.05) is 6.07 Å². The smallest absolute Gasteiger partial charge is 0.161 e. The van der Waals surface area contributed by atoms with Crippen molar-refractivity contribution in [2.45, 2.75) is 6.92 Å². The molecule has 0 amide bonds. The molecule has 0 bridgehead atoms. The van der Waals surface area contributed by atoms with Crippen molar-refractivity contribution < 1.29 is 14.3 Å². The molecule has 0 saturated carbocycles. The zero-order chi connectivity index (χ0) is 13.8. The molecule has 0 unspecified atom stereocenters. The summed E-state index contributed by atoms with van der Waals surface area (Å²) in [5.74, 6) is 1.80. The fourth-order valence-electron chi connectivity index (χ4n) is 1.71. The molecule has 0 spiro atoms. The lowest BCUT2D eigenvalue weighted by Gasteiger charge is -2.09. The molecule has 1 aromatic carbocycles. The number of aromatic nitrogens is 2. The lowest BCUT2D eigenvalue weighted by Crippen LogP contribution is -1.97. The molecule has 0 aliphatic rings. The van der Waals surface area contributed by atoms with Gasteiger partial charge >= 0.3 is 0 Å². The van der Waals surface area contributed by atoms with E-state index in [1.165, 1.54) is 6.20 Å². The van der Waals surface area contributed by atoms with Crippen molar-refractivity contribution in [1.29, 1.82) is 0 Å². The quantitative estimate of drug-likeness (QED) is 0.787. The number of carbonyl (C=O) groups is 1. The van der Waals surface area contributed by atoms with Crippen LogP contribution in [-0.2, 0) is 0 Å².